The lowest BCUT2D eigenvalue weighted by Gasteiger charge is -2.27. The Labute approximate surface area is 208 Å². The number of likely N-dealkylation sites (tertiary alicyclic amines) is 1. The SMILES string of the molecule is CC1(c2cccc(-c3cccc(Cl)c3)c2)N=C(N)N(C[C@H]2CCN(CC3CCCCC3)C2)C1=O. The number of hydrogen-bond acceptors (Lipinski definition) is 4. The number of rotatable bonds is 6. The van der Waals surface area contributed by atoms with Crippen LogP contribution in [0.15, 0.2) is 53.5 Å². The number of benzene rings is 2. The lowest BCUT2D eigenvalue weighted by Crippen LogP contribution is -2.44. The molecule has 2 N–H and O–H groups in total. The summed E-state index contributed by atoms with van der Waals surface area (Å²) in [6.45, 7) is 5.91. The second-order valence-corrected chi connectivity index (χ2v) is 10.9. The minimum absolute atomic E-state index is 0.0287. The molecule has 5 rings (SSSR count). The first-order valence-electron chi connectivity index (χ1n) is 12.7. The maximum atomic E-state index is 13.6. The molecule has 1 amide bonds. The van der Waals surface area contributed by atoms with Crippen molar-refractivity contribution in [3.63, 3.8) is 0 Å². The highest BCUT2D eigenvalue weighted by Gasteiger charge is 2.46. The third-order valence-electron chi connectivity index (χ3n) is 7.91. The van der Waals surface area contributed by atoms with Crippen molar-refractivity contribution in [2.75, 3.05) is 26.2 Å². The number of guanidine groups is 1. The van der Waals surface area contributed by atoms with E-state index in [1.807, 2.05) is 55.5 Å². The number of hydrogen-bond donors (Lipinski definition) is 1. The molecule has 5 nitrogen and oxygen atoms in total. The van der Waals surface area contributed by atoms with E-state index in [1.54, 1.807) is 4.90 Å². The van der Waals surface area contributed by atoms with Gasteiger partial charge in [-0.05, 0) is 79.5 Å². The van der Waals surface area contributed by atoms with Gasteiger partial charge < -0.3 is 10.6 Å². The van der Waals surface area contributed by atoms with Gasteiger partial charge in [-0.2, -0.15) is 0 Å². The topological polar surface area (TPSA) is 61.9 Å². The van der Waals surface area contributed by atoms with Gasteiger partial charge in [-0.15, -0.1) is 0 Å². The summed E-state index contributed by atoms with van der Waals surface area (Å²) in [4.78, 5) is 22.6. The standard InChI is InChI=1S/C28H35ClN4O/c1-28(24-11-5-9-22(15-24)23-10-6-12-25(29)16-23)26(34)33(27(30)31-28)19-21-13-14-32(18-21)17-20-7-3-2-4-8-20/h5-6,9-12,15-16,20-21H,2-4,7-8,13-14,17-19H2,1H3,(H2,30,31)/t21-,28?/m0/s1. The summed E-state index contributed by atoms with van der Waals surface area (Å²) in [6.07, 6.45) is 8.03. The van der Waals surface area contributed by atoms with Gasteiger partial charge in [0.05, 0.1) is 0 Å². The van der Waals surface area contributed by atoms with Crippen molar-refractivity contribution in [1.29, 1.82) is 0 Å². The summed E-state index contributed by atoms with van der Waals surface area (Å²) in [5.74, 6) is 1.61. The van der Waals surface area contributed by atoms with E-state index in [1.165, 1.54) is 38.6 Å². The Morgan fingerprint density at radius 1 is 1.00 bits per heavy atom. The van der Waals surface area contributed by atoms with Gasteiger partial charge in [-0.3, -0.25) is 9.69 Å². The monoisotopic (exact) mass is 478 g/mol. The smallest absolute Gasteiger partial charge is 0.261 e. The van der Waals surface area contributed by atoms with Crippen molar-refractivity contribution in [3.8, 4) is 11.1 Å². The molecule has 0 bridgehead atoms. The van der Waals surface area contributed by atoms with Crippen LogP contribution in [0.1, 0.15) is 51.0 Å². The van der Waals surface area contributed by atoms with E-state index in [4.69, 9.17) is 22.3 Å². The predicted octanol–water partition coefficient (Wildman–Crippen LogP) is 5.28. The molecule has 2 heterocycles. The number of nitrogens with two attached hydrogens (primary N) is 1. The van der Waals surface area contributed by atoms with Gasteiger partial charge in [0.25, 0.3) is 5.91 Å². The Morgan fingerprint density at radius 2 is 1.74 bits per heavy atom. The summed E-state index contributed by atoms with van der Waals surface area (Å²) in [7, 11) is 0. The van der Waals surface area contributed by atoms with Crippen molar-refractivity contribution < 1.29 is 4.79 Å². The molecule has 1 saturated carbocycles. The fourth-order valence-electron chi connectivity index (χ4n) is 5.96. The van der Waals surface area contributed by atoms with Crippen molar-refractivity contribution in [2.24, 2.45) is 22.6 Å². The number of carbonyl (C=O) groups excluding carboxylic acids is 1. The summed E-state index contributed by atoms with van der Waals surface area (Å²) >= 11 is 6.19. The van der Waals surface area contributed by atoms with Crippen molar-refractivity contribution in [3.05, 3.63) is 59.1 Å². The zero-order valence-electron chi connectivity index (χ0n) is 20.0. The first kappa shape index (κ1) is 23.4. The van der Waals surface area contributed by atoms with Crippen LogP contribution >= 0.6 is 11.6 Å². The van der Waals surface area contributed by atoms with Gasteiger partial charge >= 0.3 is 0 Å². The van der Waals surface area contributed by atoms with Crippen LogP contribution in [-0.2, 0) is 10.3 Å². The molecule has 0 radical (unpaired) electrons. The van der Waals surface area contributed by atoms with Gasteiger partial charge in [-0.25, -0.2) is 4.99 Å². The van der Waals surface area contributed by atoms with Crippen molar-refractivity contribution >= 4 is 23.5 Å². The van der Waals surface area contributed by atoms with E-state index in [0.29, 0.717) is 23.4 Å². The highest BCUT2D eigenvalue weighted by Crippen LogP contribution is 2.36. The summed E-state index contributed by atoms with van der Waals surface area (Å²) in [5.41, 5.74) is 8.21. The zero-order valence-corrected chi connectivity index (χ0v) is 20.8. The van der Waals surface area contributed by atoms with Gasteiger partial charge in [0.2, 0.25) is 0 Å². The largest absolute Gasteiger partial charge is 0.369 e. The van der Waals surface area contributed by atoms with Gasteiger partial charge in [-0.1, -0.05) is 61.2 Å². The lowest BCUT2D eigenvalue weighted by atomic mass is 9.89. The molecule has 0 spiro atoms. The summed E-state index contributed by atoms with van der Waals surface area (Å²) < 4.78 is 0. The number of carbonyl (C=O) groups is 1. The highest BCUT2D eigenvalue weighted by molar-refractivity contribution is 6.30. The fourth-order valence-corrected chi connectivity index (χ4v) is 6.15. The third kappa shape index (κ3) is 4.73. The highest BCUT2D eigenvalue weighted by atomic mass is 35.5. The van der Waals surface area contributed by atoms with Crippen LogP contribution in [0.25, 0.3) is 11.1 Å². The van der Waals surface area contributed by atoms with E-state index in [9.17, 15) is 4.79 Å². The minimum atomic E-state index is -1.00. The molecule has 2 fully saturated rings. The fraction of sp³-hybridized carbons (Fsp3) is 0.500. The molecular formula is C28H35ClN4O. The molecule has 1 aliphatic carbocycles. The maximum absolute atomic E-state index is 13.6. The number of aliphatic imine (C=N–C) groups is 1. The second kappa shape index (κ2) is 9.71. The molecule has 2 aliphatic heterocycles. The second-order valence-electron chi connectivity index (χ2n) is 10.5. The van der Waals surface area contributed by atoms with E-state index in [0.717, 1.165) is 42.1 Å². The molecule has 6 heteroatoms. The number of amides is 1. The Balaban J connectivity index is 1.27. The minimum Gasteiger partial charge on any atom is -0.369 e. The Bertz CT molecular complexity index is 1080. The maximum Gasteiger partial charge on any atom is 0.261 e. The van der Waals surface area contributed by atoms with Crippen LogP contribution in [0, 0.1) is 11.8 Å². The molecule has 2 aromatic carbocycles. The molecule has 1 saturated heterocycles. The predicted molar refractivity (Wildman–Crippen MR) is 139 cm³/mol. The summed E-state index contributed by atoms with van der Waals surface area (Å²) in [5, 5.41) is 0.689. The summed E-state index contributed by atoms with van der Waals surface area (Å²) in [6, 6.07) is 15.7. The normalized spacial score (nSPS) is 26.3. The van der Waals surface area contributed by atoms with Crippen LogP contribution in [-0.4, -0.2) is 47.8 Å². The van der Waals surface area contributed by atoms with Crippen LogP contribution < -0.4 is 5.73 Å². The first-order chi connectivity index (χ1) is 16.4. The lowest BCUT2D eigenvalue weighted by molar-refractivity contribution is -0.131. The molecule has 1 unspecified atom stereocenters. The van der Waals surface area contributed by atoms with Gasteiger partial charge in [0.1, 0.15) is 0 Å². The molecule has 0 aromatic heterocycles. The molecule has 180 valence electrons. The van der Waals surface area contributed by atoms with Crippen molar-refractivity contribution in [2.45, 2.75) is 51.0 Å². The van der Waals surface area contributed by atoms with Gasteiger partial charge in [0.15, 0.2) is 11.5 Å². The molecule has 34 heavy (non-hydrogen) atoms. The molecule has 2 aromatic rings. The third-order valence-corrected chi connectivity index (χ3v) is 8.15. The Hall–Kier alpha value is -2.37. The number of nitrogens with zero attached hydrogens (tertiary/aromatic N) is 3. The van der Waals surface area contributed by atoms with Crippen LogP contribution in [0.3, 0.4) is 0 Å². The molecule has 3 aliphatic rings. The number of halogens is 1. The van der Waals surface area contributed by atoms with E-state index < -0.39 is 5.54 Å². The van der Waals surface area contributed by atoms with E-state index in [2.05, 4.69) is 4.90 Å². The molecular weight excluding hydrogens is 444 g/mol. The van der Waals surface area contributed by atoms with Gasteiger partial charge in [0, 0.05) is 24.7 Å². The Kier molecular flexibility index (Phi) is 6.67. The average Bonchev–Trinajstić information content (AvgIpc) is 3.37. The van der Waals surface area contributed by atoms with E-state index in [-0.39, 0.29) is 5.91 Å². The Morgan fingerprint density at radius 3 is 2.50 bits per heavy atom. The van der Waals surface area contributed by atoms with Crippen molar-refractivity contribution in [1.82, 2.24) is 9.80 Å². The quantitative estimate of drug-likeness (QED) is 0.614. The van der Waals surface area contributed by atoms with Crippen LogP contribution in [0.5, 0.6) is 0 Å². The van der Waals surface area contributed by atoms with E-state index >= 15 is 0 Å². The van der Waals surface area contributed by atoms with Crippen LogP contribution in [0.2, 0.25) is 5.02 Å². The molecule has 2 atom stereocenters. The average molecular weight is 479 g/mol. The zero-order chi connectivity index (χ0) is 23.7. The first-order valence-corrected chi connectivity index (χ1v) is 13.1. The van der Waals surface area contributed by atoms with Crippen LogP contribution in [0.4, 0.5) is 0 Å².